The van der Waals surface area contributed by atoms with Crippen molar-refractivity contribution < 1.29 is 34.3 Å². The summed E-state index contributed by atoms with van der Waals surface area (Å²) in [5.74, 6) is -1.98. The molecule has 4 heterocycles. The van der Waals surface area contributed by atoms with E-state index < -0.39 is 47.0 Å². The van der Waals surface area contributed by atoms with E-state index in [0.717, 1.165) is 0 Å². The van der Waals surface area contributed by atoms with Crippen LogP contribution in [0, 0.1) is 22.0 Å². The number of nitro benzene ring substituents is 1. The molecule has 2 fully saturated rings. The first-order chi connectivity index (χ1) is 18.6. The second kappa shape index (κ2) is 10.3. The van der Waals surface area contributed by atoms with Gasteiger partial charge in [-0.1, -0.05) is 6.92 Å². The van der Waals surface area contributed by atoms with Crippen molar-refractivity contribution in [3.63, 3.8) is 0 Å². The number of aromatic amines is 1. The molecule has 14 heteroatoms. The maximum atomic E-state index is 13.2. The highest BCUT2D eigenvalue weighted by Gasteiger charge is 2.60. The van der Waals surface area contributed by atoms with Crippen LogP contribution >= 0.6 is 11.8 Å². The number of nitrogens with zero attached hydrogens (tertiary/aromatic N) is 4. The summed E-state index contributed by atoms with van der Waals surface area (Å²) in [4.78, 5) is 59.1. The Hall–Kier alpha value is -3.91. The minimum Gasteiger partial charge on any atom is -0.477 e. The minimum atomic E-state index is -1.20. The van der Waals surface area contributed by atoms with Gasteiger partial charge in [0.2, 0.25) is 5.91 Å². The normalized spacial score (nSPS) is 26.8. The average Bonchev–Trinajstić information content (AvgIpc) is 3.61. The van der Waals surface area contributed by atoms with E-state index >= 15 is 0 Å². The van der Waals surface area contributed by atoms with Crippen molar-refractivity contribution in [2.24, 2.45) is 11.8 Å². The number of aliphatic hydroxyl groups excluding tert-OH is 1. The summed E-state index contributed by atoms with van der Waals surface area (Å²) < 4.78 is 5.52. The van der Waals surface area contributed by atoms with Crippen LogP contribution in [0.15, 0.2) is 47.3 Å². The molecule has 206 valence electrons. The number of likely N-dealkylation sites (tertiary alicyclic amines) is 1. The molecule has 13 nitrogen and oxygen atoms in total. The van der Waals surface area contributed by atoms with Crippen molar-refractivity contribution in [3.8, 4) is 0 Å². The van der Waals surface area contributed by atoms with Gasteiger partial charge in [0, 0.05) is 47.1 Å². The lowest BCUT2D eigenvalue weighted by atomic mass is 9.79. The van der Waals surface area contributed by atoms with Crippen LogP contribution in [-0.2, 0) is 20.9 Å². The fourth-order valence-corrected chi connectivity index (χ4v) is 7.13. The summed E-state index contributed by atoms with van der Waals surface area (Å²) in [6, 6.07) is 4.84. The number of nitrogens with one attached hydrogen (secondary N) is 1. The number of carbonyl (C=O) groups is 3. The van der Waals surface area contributed by atoms with Crippen LogP contribution in [0.2, 0.25) is 0 Å². The van der Waals surface area contributed by atoms with Crippen molar-refractivity contribution in [3.05, 3.63) is 68.8 Å². The third kappa shape index (κ3) is 4.74. The standard InChI is InChI=1S/C25H27N5O8S/c1-12-19-18(13(2)31)23(32)29(19)20(24(33)34)21(12)39-16-9-17(22-26-7-8-27-22)28(10-16)25(35)38-11-14-3-5-15(6-4-14)30(36)37/h3-8,12-13,16-19,31H,9-11H2,1-2H3,(H,26,27)(H,33,34)/t12-,13-,16+,17+,18-,19-/m1/s1. The predicted octanol–water partition coefficient (Wildman–Crippen LogP) is 2.66. The Balaban J connectivity index is 1.32. The molecule has 3 aliphatic heterocycles. The fourth-order valence-electron chi connectivity index (χ4n) is 5.60. The molecule has 39 heavy (non-hydrogen) atoms. The van der Waals surface area contributed by atoms with Gasteiger partial charge in [-0.3, -0.25) is 19.8 Å². The Labute approximate surface area is 227 Å². The molecule has 0 unspecified atom stereocenters. The van der Waals surface area contributed by atoms with Gasteiger partial charge in [-0.25, -0.2) is 14.6 Å². The van der Waals surface area contributed by atoms with E-state index in [9.17, 15) is 34.7 Å². The quantitative estimate of drug-likeness (QED) is 0.248. The fraction of sp³-hybridized carbons (Fsp3) is 0.440. The molecule has 2 amide bonds. The van der Waals surface area contributed by atoms with Crippen LogP contribution in [0.1, 0.15) is 37.7 Å². The third-order valence-electron chi connectivity index (χ3n) is 7.45. The predicted molar refractivity (Wildman–Crippen MR) is 137 cm³/mol. The summed E-state index contributed by atoms with van der Waals surface area (Å²) in [6.07, 6.45) is 2.20. The van der Waals surface area contributed by atoms with E-state index in [1.165, 1.54) is 52.8 Å². The summed E-state index contributed by atoms with van der Waals surface area (Å²) >= 11 is 1.33. The maximum absolute atomic E-state index is 13.2. The number of fused-ring (bicyclic) bond motifs is 1. The smallest absolute Gasteiger partial charge is 0.410 e. The first kappa shape index (κ1) is 26.7. The second-order valence-corrected chi connectivity index (χ2v) is 11.2. The molecule has 0 aliphatic carbocycles. The van der Waals surface area contributed by atoms with Crippen molar-refractivity contribution in [1.29, 1.82) is 0 Å². The molecule has 3 aliphatic rings. The summed E-state index contributed by atoms with van der Waals surface area (Å²) in [5.41, 5.74) is 0.462. The number of carbonyl (C=O) groups excluding carboxylic acids is 2. The number of carboxylic acids is 1. The van der Waals surface area contributed by atoms with Crippen LogP contribution in [0.4, 0.5) is 10.5 Å². The van der Waals surface area contributed by atoms with Crippen LogP contribution < -0.4 is 0 Å². The van der Waals surface area contributed by atoms with E-state index in [1.54, 1.807) is 12.4 Å². The molecular formula is C25H27N5O8S. The van der Waals surface area contributed by atoms with Gasteiger partial charge in [-0.2, -0.15) is 0 Å². The second-order valence-electron chi connectivity index (χ2n) is 9.87. The van der Waals surface area contributed by atoms with Gasteiger partial charge < -0.3 is 24.8 Å². The SMILES string of the molecule is C[C@@H](O)[C@H]1C(=O)N2C(C(=O)O)=C(S[C@H]3C[C@@H](c4ncc[nH]4)N(C(=O)OCc4ccc([N+](=O)[O-])cc4)C3)[C@H](C)[C@H]12. The highest BCUT2D eigenvalue weighted by molar-refractivity contribution is 8.03. The summed E-state index contributed by atoms with van der Waals surface area (Å²) in [5, 5.41) is 30.7. The van der Waals surface area contributed by atoms with Crippen molar-refractivity contribution >= 4 is 35.4 Å². The van der Waals surface area contributed by atoms with E-state index in [2.05, 4.69) is 9.97 Å². The number of aliphatic hydroxyl groups is 1. The van der Waals surface area contributed by atoms with Crippen molar-refractivity contribution in [2.75, 3.05) is 6.54 Å². The Kier molecular flexibility index (Phi) is 7.07. The van der Waals surface area contributed by atoms with Crippen LogP contribution in [0.3, 0.4) is 0 Å². The monoisotopic (exact) mass is 557 g/mol. The summed E-state index contributed by atoms with van der Waals surface area (Å²) in [6.45, 7) is 3.55. The first-order valence-electron chi connectivity index (χ1n) is 12.4. The molecule has 0 spiro atoms. The number of non-ortho nitro benzene ring substituents is 1. The van der Waals surface area contributed by atoms with Crippen LogP contribution in [-0.4, -0.2) is 76.8 Å². The number of imidazole rings is 1. The van der Waals surface area contributed by atoms with Gasteiger partial charge in [-0.15, -0.1) is 11.8 Å². The molecule has 0 bridgehead atoms. The number of hydrogen-bond acceptors (Lipinski definition) is 9. The number of ether oxygens (including phenoxy) is 1. The lowest BCUT2D eigenvalue weighted by Crippen LogP contribution is -2.63. The maximum Gasteiger partial charge on any atom is 0.410 e. The van der Waals surface area contributed by atoms with Gasteiger partial charge in [0.05, 0.1) is 29.0 Å². The number of aromatic nitrogens is 2. The van der Waals surface area contributed by atoms with Gasteiger partial charge in [0.25, 0.3) is 5.69 Å². The number of β-lactam (4-membered cyclic amide) rings is 1. The number of amides is 2. The topological polar surface area (TPSA) is 179 Å². The van der Waals surface area contributed by atoms with Crippen LogP contribution in [0.5, 0.6) is 0 Å². The number of thioether (sulfide) groups is 1. The first-order valence-corrected chi connectivity index (χ1v) is 13.3. The summed E-state index contributed by atoms with van der Waals surface area (Å²) in [7, 11) is 0. The lowest BCUT2D eigenvalue weighted by Gasteiger charge is -2.46. The van der Waals surface area contributed by atoms with E-state index in [0.29, 0.717) is 22.7 Å². The highest BCUT2D eigenvalue weighted by Crippen LogP contribution is 2.53. The number of aliphatic carboxylic acids is 1. The Morgan fingerprint density at radius 3 is 2.64 bits per heavy atom. The third-order valence-corrected chi connectivity index (χ3v) is 8.94. The molecule has 5 rings (SSSR count). The van der Waals surface area contributed by atoms with E-state index in [4.69, 9.17) is 4.74 Å². The molecule has 1 aromatic carbocycles. The van der Waals surface area contributed by atoms with E-state index in [-0.39, 0.29) is 35.7 Å². The molecule has 0 radical (unpaired) electrons. The number of rotatable bonds is 8. The minimum absolute atomic E-state index is 0.0619. The Bertz CT molecular complexity index is 1330. The van der Waals surface area contributed by atoms with E-state index in [1.807, 2.05) is 6.92 Å². The van der Waals surface area contributed by atoms with Crippen LogP contribution in [0.25, 0.3) is 0 Å². The zero-order valence-electron chi connectivity index (χ0n) is 21.1. The molecule has 0 saturated carbocycles. The number of carboxylic acid groups (broad SMARTS) is 1. The average molecular weight is 558 g/mol. The number of hydrogen-bond donors (Lipinski definition) is 3. The molecule has 6 atom stereocenters. The van der Waals surface area contributed by atoms with Gasteiger partial charge >= 0.3 is 12.1 Å². The highest BCUT2D eigenvalue weighted by atomic mass is 32.2. The zero-order valence-corrected chi connectivity index (χ0v) is 21.9. The molecule has 2 saturated heterocycles. The zero-order chi connectivity index (χ0) is 28.0. The van der Waals surface area contributed by atoms with Gasteiger partial charge in [-0.05, 0) is 31.0 Å². The molecule has 1 aromatic heterocycles. The van der Waals surface area contributed by atoms with Gasteiger partial charge in [0.1, 0.15) is 18.1 Å². The Morgan fingerprint density at radius 2 is 2.05 bits per heavy atom. The number of nitro groups is 1. The lowest BCUT2D eigenvalue weighted by molar-refractivity contribution is -0.384. The Morgan fingerprint density at radius 1 is 1.33 bits per heavy atom. The number of benzene rings is 1. The largest absolute Gasteiger partial charge is 0.477 e. The van der Waals surface area contributed by atoms with Crippen molar-refractivity contribution in [1.82, 2.24) is 19.8 Å². The molecular weight excluding hydrogens is 530 g/mol. The van der Waals surface area contributed by atoms with Crippen molar-refractivity contribution in [2.45, 2.75) is 50.3 Å². The molecule has 3 N–H and O–H groups in total. The van der Waals surface area contributed by atoms with Gasteiger partial charge in [0.15, 0.2) is 0 Å². The molecule has 2 aromatic rings. The number of H-pyrrole nitrogens is 1.